The van der Waals surface area contributed by atoms with E-state index in [1.165, 1.54) is 0 Å². The average molecular weight is 440 g/mol. The van der Waals surface area contributed by atoms with E-state index in [1.54, 1.807) is 29.7 Å². The number of hydrogen-bond donors (Lipinski definition) is 1. The number of carbonyl (C=O) groups excluding carboxylic acids is 1. The molecule has 0 saturated heterocycles. The lowest BCUT2D eigenvalue weighted by atomic mass is 10.2. The van der Waals surface area contributed by atoms with Gasteiger partial charge in [-0.1, -0.05) is 29.8 Å². The maximum Gasteiger partial charge on any atom is 0.270 e. The van der Waals surface area contributed by atoms with Gasteiger partial charge in [0, 0.05) is 40.5 Å². The summed E-state index contributed by atoms with van der Waals surface area (Å²) in [5, 5.41) is 8.00. The highest BCUT2D eigenvalue weighted by Crippen LogP contribution is 2.29. The molecule has 3 aromatic heterocycles. The van der Waals surface area contributed by atoms with E-state index in [-0.39, 0.29) is 11.9 Å². The highest BCUT2D eigenvalue weighted by Gasteiger charge is 2.17. The minimum atomic E-state index is -0.144. The molecular formula is C22H22ClN5OS. The first-order chi connectivity index (χ1) is 14.4. The molecule has 3 heterocycles. The SMILES string of the molecule is Cc1cc(-c2csc(CC(C)n3cc(Cl)cn3)n2)c(C)n1NC(=O)c1ccccc1. The van der Waals surface area contributed by atoms with Crippen LogP contribution in [0.5, 0.6) is 0 Å². The van der Waals surface area contributed by atoms with Crippen molar-refractivity contribution < 1.29 is 4.79 Å². The Morgan fingerprint density at radius 1 is 1.27 bits per heavy atom. The van der Waals surface area contributed by atoms with Crippen LogP contribution in [-0.4, -0.2) is 25.3 Å². The number of benzene rings is 1. The highest BCUT2D eigenvalue weighted by molar-refractivity contribution is 7.09. The van der Waals surface area contributed by atoms with E-state index in [4.69, 9.17) is 16.6 Å². The number of aromatic nitrogens is 4. The fraction of sp³-hybridized carbons (Fsp3) is 0.227. The van der Waals surface area contributed by atoms with Crippen molar-refractivity contribution in [3.05, 3.63) is 81.2 Å². The molecule has 0 fully saturated rings. The van der Waals surface area contributed by atoms with Gasteiger partial charge in [-0.2, -0.15) is 5.10 Å². The lowest BCUT2D eigenvalue weighted by Crippen LogP contribution is -2.24. The number of halogens is 1. The van der Waals surface area contributed by atoms with Gasteiger partial charge in [-0.25, -0.2) is 4.98 Å². The van der Waals surface area contributed by atoms with Gasteiger partial charge in [0.2, 0.25) is 0 Å². The predicted molar refractivity (Wildman–Crippen MR) is 121 cm³/mol. The zero-order valence-electron chi connectivity index (χ0n) is 17.0. The topological polar surface area (TPSA) is 64.7 Å². The summed E-state index contributed by atoms with van der Waals surface area (Å²) < 4.78 is 3.67. The maximum atomic E-state index is 12.6. The fourth-order valence-corrected chi connectivity index (χ4v) is 4.44. The van der Waals surface area contributed by atoms with E-state index >= 15 is 0 Å². The predicted octanol–water partition coefficient (Wildman–Crippen LogP) is 5.27. The van der Waals surface area contributed by atoms with E-state index in [2.05, 4.69) is 28.9 Å². The molecule has 1 aromatic carbocycles. The van der Waals surface area contributed by atoms with Crippen molar-refractivity contribution in [2.24, 2.45) is 0 Å². The van der Waals surface area contributed by atoms with Crippen molar-refractivity contribution in [1.29, 1.82) is 0 Å². The van der Waals surface area contributed by atoms with Gasteiger partial charge in [0.1, 0.15) is 0 Å². The Labute approximate surface area is 184 Å². The Hall–Kier alpha value is -2.90. The number of nitrogens with one attached hydrogen (secondary N) is 1. The summed E-state index contributed by atoms with van der Waals surface area (Å²) in [7, 11) is 0. The Morgan fingerprint density at radius 2 is 2.03 bits per heavy atom. The Balaban J connectivity index is 1.52. The van der Waals surface area contributed by atoms with E-state index in [0.717, 1.165) is 34.1 Å². The molecule has 0 aliphatic carbocycles. The highest BCUT2D eigenvalue weighted by atomic mass is 35.5. The van der Waals surface area contributed by atoms with Crippen molar-refractivity contribution in [3.63, 3.8) is 0 Å². The van der Waals surface area contributed by atoms with Crippen molar-refractivity contribution >= 4 is 28.8 Å². The third kappa shape index (κ3) is 4.17. The van der Waals surface area contributed by atoms with Gasteiger partial charge in [-0.3, -0.25) is 19.6 Å². The Morgan fingerprint density at radius 3 is 2.73 bits per heavy atom. The molecule has 1 amide bonds. The fourth-order valence-electron chi connectivity index (χ4n) is 3.38. The third-order valence-electron chi connectivity index (χ3n) is 5.00. The zero-order valence-corrected chi connectivity index (χ0v) is 18.5. The zero-order chi connectivity index (χ0) is 21.3. The van der Waals surface area contributed by atoms with Crippen LogP contribution in [0.25, 0.3) is 11.3 Å². The standard InChI is InChI=1S/C22H22ClN5OS/c1-14(27-12-18(23)11-24-27)10-21-25-20(13-30-21)19-9-15(2)28(16(19)3)26-22(29)17-7-5-4-6-8-17/h4-9,11-14H,10H2,1-3H3,(H,26,29). The van der Waals surface area contributed by atoms with Crippen LogP contribution < -0.4 is 5.43 Å². The second-order valence-electron chi connectivity index (χ2n) is 7.25. The Kier molecular flexibility index (Phi) is 5.74. The van der Waals surface area contributed by atoms with Gasteiger partial charge < -0.3 is 0 Å². The van der Waals surface area contributed by atoms with Crippen LogP contribution in [-0.2, 0) is 6.42 Å². The first-order valence-electron chi connectivity index (χ1n) is 9.62. The smallest absolute Gasteiger partial charge is 0.268 e. The van der Waals surface area contributed by atoms with Crippen LogP contribution in [0, 0.1) is 13.8 Å². The van der Waals surface area contributed by atoms with Crippen molar-refractivity contribution in [3.8, 4) is 11.3 Å². The third-order valence-corrected chi connectivity index (χ3v) is 6.07. The minimum absolute atomic E-state index is 0.144. The van der Waals surface area contributed by atoms with Crippen LogP contribution in [0.3, 0.4) is 0 Å². The molecule has 0 radical (unpaired) electrons. The van der Waals surface area contributed by atoms with Crippen LogP contribution in [0.4, 0.5) is 0 Å². The maximum absolute atomic E-state index is 12.6. The van der Waals surface area contributed by atoms with Gasteiger partial charge in [0.25, 0.3) is 5.91 Å². The molecule has 0 saturated carbocycles. The van der Waals surface area contributed by atoms with Crippen LogP contribution in [0.15, 0.2) is 54.2 Å². The summed E-state index contributed by atoms with van der Waals surface area (Å²) in [6.07, 6.45) is 4.24. The average Bonchev–Trinajstić information content (AvgIpc) is 3.44. The van der Waals surface area contributed by atoms with E-state index in [0.29, 0.717) is 10.6 Å². The summed E-state index contributed by atoms with van der Waals surface area (Å²) in [5.41, 5.74) is 7.41. The molecule has 4 rings (SSSR count). The summed E-state index contributed by atoms with van der Waals surface area (Å²) in [5.74, 6) is -0.144. The number of thiazole rings is 1. The normalized spacial score (nSPS) is 12.1. The van der Waals surface area contributed by atoms with Gasteiger partial charge >= 0.3 is 0 Å². The first-order valence-corrected chi connectivity index (χ1v) is 10.9. The minimum Gasteiger partial charge on any atom is -0.268 e. The van der Waals surface area contributed by atoms with Gasteiger partial charge in [-0.15, -0.1) is 11.3 Å². The molecule has 0 aliphatic rings. The van der Waals surface area contributed by atoms with Crippen molar-refractivity contribution in [1.82, 2.24) is 19.4 Å². The Bertz CT molecular complexity index is 1180. The monoisotopic (exact) mass is 439 g/mol. The van der Waals surface area contributed by atoms with Crippen LogP contribution in [0.2, 0.25) is 5.02 Å². The number of hydrogen-bond acceptors (Lipinski definition) is 4. The molecule has 0 aliphatic heterocycles. The van der Waals surface area contributed by atoms with Crippen LogP contribution >= 0.6 is 22.9 Å². The molecule has 1 atom stereocenters. The first kappa shape index (κ1) is 20.4. The summed E-state index contributed by atoms with van der Waals surface area (Å²) >= 11 is 7.60. The van der Waals surface area contributed by atoms with Gasteiger partial charge in [0.15, 0.2) is 0 Å². The molecule has 0 spiro atoms. The number of aryl methyl sites for hydroxylation is 1. The molecule has 1 N–H and O–H groups in total. The molecular weight excluding hydrogens is 418 g/mol. The van der Waals surface area contributed by atoms with Crippen molar-refractivity contribution in [2.45, 2.75) is 33.2 Å². The van der Waals surface area contributed by atoms with E-state index in [9.17, 15) is 4.79 Å². The molecule has 30 heavy (non-hydrogen) atoms. The largest absolute Gasteiger partial charge is 0.270 e. The lowest BCUT2D eigenvalue weighted by Gasteiger charge is -2.11. The van der Waals surface area contributed by atoms with Crippen molar-refractivity contribution in [2.75, 3.05) is 5.43 Å². The molecule has 6 nitrogen and oxygen atoms in total. The number of nitrogens with zero attached hydrogens (tertiary/aromatic N) is 4. The summed E-state index contributed by atoms with van der Waals surface area (Å²) in [6.45, 7) is 6.05. The number of amides is 1. The second kappa shape index (κ2) is 8.45. The number of carbonyl (C=O) groups is 1. The molecule has 1 unspecified atom stereocenters. The van der Waals surface area contributed by atoms with Gasteiger partial charge in [0.05, 0.1) is 28.0 Å². The van der Waals surface area contributed by atoms with E-state index in [1.807, 2.05) is 47.6 Å². The van der Waals surface area contributed by atoms with E-state index < -0.39 is 0 Å². The van der Waals surface area contributed by atoms with Crippen LogP contribution in [0.1, 0.15) is 39.7 Å². The van der Waals surface area contributed by atoms with Gasteiger partial charge in [-0.05, 0) is 39.0 Å². The molecule has 0 bridgehead atoms. The molecule has 154 valence electrons. The molecule has 8 heteroatoms. The molecule has 4 aromatic rings. The summed E-state index contributed by atoms with van der Waals surface area (Å²) in [6, 6.07) is 11.4. The number of rotatable bonds is 6. The second-order valence-corrected chi connectivity index (χ2v) is 8.62. The quantitative estimate of drug-likeness (QED) is 0.445. The lowest BCUT2D eigenvalue weighted by molar-refractivity contribution is 0.101. The summed E-state index contributed by atoms with van der Waals surface area (Å²) in [4.78, 5) is 17.4.